The number of pyridine rings is 1. The van der Waals surface area contributed by atoms with Gasteiger partial charge in [-0.15, -0.1) is 34.9 Å². The molecule has 173 valence electrons. The summed E-state index contributed by atoms with van der Waals surface area (Å²) in [6.45, 7) is 12.2. The van der Waals surface area contributed by atoms with Gasteiger partial charge in [0.25, 0.3) is 0 Å². The predicted octanol–water partition coefficient (Wildman–Crippen LogP) is 7.41. The number of hydrogen-bond donors (Lipinski definition) is 1. The van der Waals surface area contributed by atoms with Crippen molar-refractivity contribution in [2.45, 2.75) is 54.4 Å². The van der Waals surface area contributed by atoms with E-state index in [4.69, 9.17) is 4.98 Å². The Morgan fingerprint density at radius 1 is 1.03 bits per heavy atom. The Hall–Kier alpha value is -2.29. The molecule has 1 heterocycles. The van der Waals surface area contributed by atoms with Crippen LogP contribution in [0.1, 0.15) is 51.7 Å². The van der Waals surface area contributed by atoms with Gasteiger partial charge in [0.05, 0.1) is 11.3 Å². The molecule has 0 aliphatic rings. The summed E-state index contributed by atoms with van der Waals surface area (Å²) in [4.78, 5) is 15.9. The fourth-order valence-electron chi connectivity index (χ4n) is 3.36. The van der Waals surface area contributed by atoms with E-state index < -0.39 is 0 Å². The first-order valence-corrected chi connectivity index (χ1v) is 10.9. The van der Waals surface area contributed by atoms with E-state index in [2.05, 4.69) is 44.2 Å². The van der Waals surface area contributed by atoms with E-state index in [9.17, 15) is 9.90 Å². The summed E-state index contributed by atoms with van der Waals surface area (Å²) in [5.41, 5.74) is 5.57. The molecule has 0 aliphatic heterocycles. The molecule has 3 nitrogen and oxygen atoms in total. The van der Waals surface area contributed by atoms with Crippen LogP contribution in [0.4, 0.5) is 0 Å². The van der Waals surface area contributed by atoms with E-state index in [1.54, 1.807) is 0 Å². The number of allylic oxidation sites excluding steroid dienone is 2. The molecule has 0 atom stereocenters. The number of ketones is 1. The van der Waals surface area contributed by atoms with Gasteiger partial charge in [0, 0.05) is 39.0 Å². The van der Waals surface area contributed by atoms with E-state index >= 15 is 0 Å². The zero-order valence-electron chi connectivity index (χ0n) is 19.9. The Balaban J connectivity index is 0.000000330. The third-order valence-electron chi connectivity index (χ3n) is 4.69. The van der Waals surface area contributed by atoms with Crippen molar-refractivity contribution in [3.63, 3.8) is 0 Å². The Bertz CT molecular complexity index is 1050. The Morgan fingerprint density at radius 2 is 1.69 bits per heavy atom. The zero-order valence-corrected chi connectivity index (χ0v) is 22.3. The molecule has 2 aromatic carbocycles. The van der Waals surface area contributed by atoms with Crippen molar-refractivity contribution < 1.29 is 30.0 Å². The molecule has 1 radical (unpaired) electrons. The zero-order chi connectivity index (χ0) is 23.0. The molecule has 3 aromatic rings. The average molecular weight is 609 g/mol. The van der Waals surface area contributed by atoms with Crippen molar-refractivity contribution in [2.75, 3.05) is 0 Å². The molecular formula is C28H34IrNO2-. The van der Waals surface area contributed by atoms with Crippen LogP contribution in [-0.4, -0.2) is 15.9 Å². The predicted molar refractivity (Wildman–Crippen MR) is 130 cm³/mol. The average Bonchev–Trinajstić information content (AvgIpc) is 2.66. The number of para-hydroxylation sites is 1. The topological polar surface area (TPSA) is 50.2 Å². The maximum Gasteiger partial charge on any atom is 0.159 e. The monoisotopic (exact) mass is 609 g/mol. The summed E-state index contributed by atoms with van der Waals surface area (Å²) >= 11 is 0. The fourth-order valence-corrected chi connectivity index (χ4v) is 3.36. The van der Waals surface area contributed by atoms with Gasteiger partial charge in [-0.1, -0.05) is 71.9 Å². The summed E-state index contributed by atoms with van der Waals surface area (Å²) in [6, 6.07) is 19.9. The molecule has 1 N–H and O–H groups in total. The van der Waals surface area contributed by atoms with E-state index in [1.807, 2.05) is 52.0 Å². The number of rotatable bonds is 6. The van der Waals surface area contributed by atoms with Crippen molar-refractivity contribution in [1.82, 2.24) is 4.98 Å². The minimum absolute atomic E-state index is 0. The van der Waals surface area contributed by atoms with Gasteiger partial charge < -0.3 is 5.11 Å². The molecule has 4 heteroatoms. The molecule has 1 aromatic heterocycles. The quantitative estimate of drug-likeness (QED) is 0.180. The Kier molecular flexibility index (Phi) is 11.5. The van der Waals surface area contributed by atoms with Gasteiger partial charge in [-0.3, -0.25) is 9.78 Å². The fraction of sp³-hybridized carbons (Fsp3) is 0.357. The van der Waals surface area contributed by atoms with Crippen molar-refractivity contribution in [1.29, 1.82) is 0 Å². The summed E-state index contributed by atoms with van der Waals surface area (Å²) in [7, 11) is 0. The van der Waals surface area contributed by atoms with Crippen LogP contribution in [0, 0.1) is 31.7 Å². The molecule has 3 rings (SSSR count). The number of carbonyl (C=O) groups is 1. The minimum atomic E-state index is 0. The van der Waals surface area contributed by atoms with E-state index in [-0.39, 0.29) is 31.6 Å². The van der Waals surface area contributed by atoms with E-state index in [0.29, 0.717) is 24.7 Å². The molecule has 0 amide bonds. The standard InChI is InChI=1S/C17H14N.C11H20O2.Ir/c1-12-7-9-15(13(2)11-12)17-10-8-14-5-3-4-6-16(14)18-17;1-8(2)5-10(12)7-11(13)6-9(3)4;/h3-8,10-11H,1-2H3;7-9,12H,5-6H2,1-4H3;/q-1;;/b;10-7-;. The molecule has 0 saturated carbocycles. The van der Waals surface area contributed by atoms with Gasteiger partial charge >= 0.3 is 0 Å². The van der Waals surface area contributed by atoms with Crippen LogP contribution < -0.4 is 0 Å². The first-order chi connectivity index (χ1) is 14.7. The number of hydrogen-bond acceptors (Lipinski definition) is 3. The first-order valence-electron chi connectivity index (χ1n) is 10.9. The smallest absolute Gasteiger partial charge is 0.159 e. The summed E-state index contributed by atoms with van der Waals surface area (Å²) in [5, 5.41) is 10.5. The van der Waals surface area contributed by atoms with Gasteiger partial charge in [0.1, 0.15) is 0 Å². The molecule has 32 heavy (non-hydrogen) atoms. The van der Waals surface area contributed by atoms with Crippen LogP contribution in [0.2, 0.25) is 0 Å². The summed E-state index contributed by atoms with van der Waals surface area (Å²) < 4.78 is 0. The van der Waals surface area contributed by atoms with Crippen LogP contribution in [0.5, 0.6) is 0 Å². The second-order valence-electron chi connectivity index (χ2n) is 8.92. The van der Waals surface area contributed by atoms with Crippen molar-refractivity contribution >= 4 is 16.7 Å². The third kappa shape index (κ3) is 9.06. The molecular weight excluding hydrogens is 575 g/mol. The molecule has 0 bridgehead atoms. The van der Waals surface area contributed by atoms with Crippen LogP contribution in [0.25, 0.3) is 22.2 Å². The van der Waals surface area contributed by atoms with Gasteiger partial charge in [-0.25, -0.2) is 0 Å². The van der Waals surface area contributed by atoms with Gasteiger partial charge in [0.15, 0.2) is 5.78 Å². The third-order valence-corrected chi connectivity index (χ3v) is 4.69. The van der Waals surface area contributed by atoms with Crippen molar-refractivity contribution in [2.24, 2.45) is 11.8 Å². The van der Waals surface area contributed by atoms with Crippen LogP contribution in [0.15, 0.2) is 60.4 Å². The molecule has 0 fully saturated rings. The second-order valence-corrected chi connectivity index (χ2v) is 8.92. The number of aliphatic hydroxyl groups is 1. The maximum absolute atomic E-state index is 11.2. The number of nitrogens with zero attached hydrogens (tertiary/aromatic N) is 1. The molecule has 0 saturated heterocycles. The Morgan fingerprint density at radius 3 is 2.31 bits per heavy atom. The van der Waals surface area contributed by atoms with Crippen molar-refractivity contribution in [3.05, 3.63) is 77.6 Å². The summed E-state index contributed by atoms with van der Waals surface area (Å²) in [5.74, 6) is 0.979. The first kappa shape index (κ1) is 27.7. The second kappa shape index (κ2) is 13.3. The summed E-state index contributed by atoms with van der Waals surface area (Å²) in [6.07, 6.45) is 2.46. The SMILES string of the molecule is CC(C)CC(=O)/C=C(\O)CC(C)C.Cc1c[c-]c(-c2ccc3ccccc3n2)c(C)c1.[Ir]. The number of aryl methyl sites for hydroxylation is 2. The van der Waals surface area contributed by atoms with Crippen LogP contribution in [-0.2, 0) is 24.9 Å². The largest absolute Gasteiger partial charge is 0.512 e. The van der Waals surface area contributed by atoms with E-state index in [0.717, 1.165) is 16.8 Å². The normalized spacial score (nSPS) is 11.2. The van der Waals surface area contributed by atoms with Gasteiger partial charge in [0.2, 0.25) is 0 Å². The van der Waals surface area contributed by atoms with Crippen LogP contribution >= 0.6 is 0 Å². The number of aliphatic hydroxyl groups excluding tert-OH is 1. The molecule has 0 unspecified atom stereocenters. The van der Waals surface area contributed by atoms with Crippen molar-refractivity contribution in [3.8, 4) is 11.3 Å². The van der Waals surface area contributed by atoms with Gasteiger partial charge in [-0.05, 0) is 29.0 Å². The molecule has 0 spiro atoms. The Labute approximate surface area is 206 Å². The number of fused-ring (bicyclic) bond motifs is 1. The number of benzene rings is 2. The number of aromatic nitrogens is 1. The maximum atomic E-state index is 11.2. The number of carbonyl (C=O) groups excluding carboxylic acids is 1. The van der Waals surface area contributed by atoms with Gasteiger partial charge in [-0.2, -0.15) is 0 Å². The molecule has 0 aliphatic carbocycles. The van der Waals surface area contributed by atoms with E-state index in [1.165, 1.54) is 22.6 Å². The minimum Gasteiger partial charge on any atom is -0.512 e. The van der Waals surface area contributed by atoms with Crippen LogP contribution in [0.3, 0.4) is 0 Å².